The van der Waals surface area contributed by atoms with E-state index in [1.165, 1.54) is 23.9 Å². The number of imidazole rings is 1. The highest BCUT2D eigenvalue weighted by atomic mass is 32.2. The highest BCUT2D eigenvalue weighted by Gasteiger charge is 2.19. The molecule has 0 radical (unpaired) electrons. The SMILES string of the molecule is CCOCn1c(C)nc(Sc2ccc(F)cc2F)c1C(C)C. The average Bonchev–Trinajstić information content (AvgIpc) is 2.75. The Morgan fingerprint density at radius 1 is 1.32 bits per heavy atom. The minimum Gasteiger partial charge on any atom is -0.361 e. The van der Waals surface area contributed by atoms with E-state index in [0.717, 1.165) is 22.6 Å². The van der Waals surface area contributed by atoms with Crippen LogP contribution in [0.5, 0.6) is 0 Å². The van der Waals surface area contributed by atoms with Crippen molar-refractivity contribution in [1.82, 2.24) is 9.55 Å². The summed E-state index contributed by atoms with van der Waals surface area (Å²) in [4.78, 5) is 4.89. The fourth-order valence-electron chi connectivity index (χ4n) is 2.20. The third-order valence-electron chi connectivity index (χ3n) is 3.24. The zero-order valence-corrected chi connectivity index (χ0v) is 14.0. The quantitative estimate of drug-likeness (QED) is 0.767. The van der Waals surface area contributed by atoms with Crippen molar-refractivity contribution in [2.24, 2.45) is 0 Å². The Morgan fingerprint density at radius 2 is 2.05 bits per heavy atom. The van der Waals surface area contributed by atoms with Crippen molar-refractivity contribution < 1.29 is 13.5 Å². The van der Waals surface area contributed by atoms with E-state index in [4.69, 9.17) is 4.74 Å². The van der Waals surface area contributed by atoms with Crippen LogP contribution < -0.4 is 0 Å². The fraction of sp³-hybridized carbons (Fsp3) is 0.438. The number of rotatable bonds is 6. The maximum absolute atomic E-state index is 13.9. The number of benzene rings is 1. The molecule has 0 aliphatic heterocycles. The molecule has 2 aromatic rings. The number of hydrogen-bond acceptors (Lipinski definition) is 3. The van der Waals surface area contributed by atoms with Crippen LogP contribution in [0.15, 0.2) is 28.1 Å². The highest BCUT2D eigenvalue weighted by Crippen LogP contribution is 2.35. The minimum absolute atomic E-state index is 0.215. The summed E-state index contributed by atoms with van der Waals surface area (Å²) in [5.74, 6) is -0.115. The van der Waals surface area contributed by atoms with E-state index in [1.54, 1.807) is 0 Å². The molecule has 0 unspecified atom stereocenters. The molecule has 1 heterocycles. The third-order valence-corrected chi connectivity index (χ3v) is 4.28. The fourth-order valence-corrected chi connectivity index (χ4v) is 3.32. The van der Waals surface area contributed by atoms with Crippen LogP contribution in [-0.2, 0) is 11.5 Å². The molecule has 0 fully saturated rings. The molecular formula is C16H20F2N2OS. The first-order valence-electron chi connectivity index (χ1n) is 7.21. The van der Waals surface area contributed by atoms with Gasteiger partial charge in [-0.3, -0.25) is 0 Å². The highest BCUT2D eigenvalue weighted by molar-refractivity contribution is 7.99. The van der Waals surface area contributed by atoms with Gasteiger partial charge in [0.2, 0.25) is 0 Å². The van der Waals surface area contributed by atoms with Crippen LogP contribution in [0.3, 0.4) is 0 Å². The van der Waals surface area contributed by atoms with Crippen LogP contribution in [0.2, 0.25) is 0 Å². The van der Waals surface area contributed by atoms with Gasteiger partial charge in [0.15, 0.2) is 0 Å². The van der Waals surface area contributed by atoms with Crippen molar-refractivity contribution in [3.05, 3.63) is 41.4 Å². The van der Waals surface area contributed by atoms with Crippen LogP contribution in [-0.4, -0.2) is 16.2 Å². The summed E-state index contributed by atoms with van der Waals surface area (Å²) < 4.78 is 34.4. The van der Waals surface area contributed by atoms with Gasteiger partial charge in [-0.1, -0.05) is 25.6 Å². The van der Waals surface area contributed by atoms with Gasteiger partial charge in [-0.2, -0.15) is 0 Å². The first-order valence-corrected chi connectivity index (χ1v) is 8.03. The smallest absolute Gasteiger partial charge is 0.140 e. The number of halogens is 2. The molecule has 22 heavy (non-hydrogen) atoms. The van der Waals surface area contributed by atoms with Gasteiger partial charge >= 0.3 is 0 Å². The van der Waals surface area contributed by atoms with Crippen LogP contribution in [0.25, 0.3) is 0 Å². The predicted octanol–water partition coefficient (Wildman–Crippen LogP) is 4.74. The van der Waals surface area contributed by atoms with Crippen molar-refractivity contribution >= 4 is 11.8 Å². The first-order chi connectivity index (χ1) is 10.4. The van der Waals surface area contributed by atoms with Gasteiger partial charge in [-0.05, 0) is 31.9 Å². The lowest BCUT2D eigenvalue weighted by atomic mass is 10.1. The molecule has 0 amide bonds. The van der Waals surface area contributed by atoms with Gasteiger partial charge < -0.3 is 9.30 Å². The molecule has 2 rings (SSSR count). The van der Waals surface area contributed by atoms with Crippen molar-refractivity contribution in [2.45, 2.75) is 50.3 Å². The van der Waals surface area contributed by atoms with E-state index in [0.29, 0.717) is 18.2 Å². The summed E-state index contributed by atoms with van der Waals surface area (Å²) in [7, 11) is 0. The number of ether oxygens (including phenoxy) is 1. The van der Waals surface area contributed by atoms with Crippen molar-refractivity contribution in [2.75, 3.05) is 6.61 Å². The summed E-state index contributed by atoms with van der Waals surface area (Å²) in [5.41, 5.74) is 1.000. The first kappa shape index (κ1) is 17.0. The molecule has 6 heteroatoms. The second kappa shape index (κ2) is 7.24. The third kappa shape index (κ3) is 3.67. The molecule has 0 bridgehead atoms. The summed E-state index contributed by atoms with van der Waals surface area (Å²) in [6.07, 6.45) is 0. The Balaban J connectivity index is 2.38. The van der Waals surface area contributed by atoms with E-state index in [2.05, 4.69) is 18.8 Å². The van der Waals surface area contributed by atoms with E-state index >= 15 is 0 Å². The molecule has 0 N–H and O–H groups in total. The topological polar surface area (TPSA) is 27.1 Å². The van der Waals surface area contributed by atoms with Crippen molar-refractivity contribution in [1.29, 1.82) is 0 Å². The monoisotopic (exact) mass is 326 g/mol. The van der Waals surface area contributed by atoms with Gasteiger partial charge in [-0.15, -0.1) is 0 Å². The molecular weight excluding hydrogens is 306 g/mol. The van der Waals surface area contributed by atoms with Crippen LogP contribution >= 0.6 is 11.8 Å². The zero-order valence-electron chi connectivity index (χ0n) is 13.2. The molecule has 120 valence electrons. The van der Waals surface area contributed by atoms with E-state index in [-0.39, 0.29) is 5.92 Å². The van der Waals surface area contributed by atoms with Crippen molar-refractivity contribution in [3.8, 4) is 0 Å². The lowest BCUT2D eigenvalue weighted by molar-refractivity contribution is 0.0838. The Hall–Kier alpha value is -1.40. The van der Waals surface area contributed by atoms with Gasteiger partial charge in [-0.25, -0.2) is 13.8 Å². The molecule has 0 atom stereocenters. The van der Waals surface area contributed by atoms with Gasteiger partial charge in [0.1, 0.15) is 29.2 Å². The van der Waals surface area contributed by atoms with E-state index < -0.39 is 11.6 Å². The number of aromatic nitrogens is 2. The number of nitrogens with zero attached hydrogens (tertiary/aromatic N) is 2. The standard InChI is InChI=1S/C16H20F2N2OS/c1-5-21-9-20-11(4)19-16(15(20)10(2)3)22-14-7-6-12(17)8-13(14)18/h6-8,10H,5,9H2,1-4H3. The normalized spacial score (nSPS) is 11.4. The van der Waals surface area contributed by atoms with Gasteiger partial charge in [0, 0.05) is 17.6 Å². The largest absolute Gasteiger partial charge is 0.361 e. The number of aryl methyl sites for hydroxylation is 1. The molecule has 1 aromatic heterocycles. The molecule has 3 nitrogen and oxygen atoms in total. The molecule has 0 saturated carbocycles. The van der Waals surface area contributed by atoms with E-state index in [9.17, 15) is 8.78 Å². The summed E-state index contributed by atoms with van der Waals surface area (Å²) in [5, 5.41) is 0.734. The lowest BCUT2D eigenvalue weighted by Crippen LogP contribution is -2.09. The average molecular weight is 326 g/mol. The molecule has 0 spiro atoms. The van der Waals surface area contributed by atoms with Crippen LogP contribution in [0, 0.1) is 18.6 Å². The van der Waals surface area contributed by atoms with E-state index in [1.807, 2.05) is 18.4 Å². The van der Waals surface area contributed by atoms with Crippen LogP contribution in [0.1, 0.15) is 38.2 Å². The molecule has 0 saturated heterocycles. The number of hydrogen-bond donors (Lipinski definition) is 0. The zero-order chi connectivity index (χ0) is 16.3. The summed E-state index contributed by atoms with van der Waals surface area (Å²) in [6.45, 7) is 8.99. The second-order valence-corrected chi connectivity index (χ2v) is 6.26. The molecule has 0 aliphatic rings. The Labute approximate surface area is 133 Å². The Morgan fingerprint density at radius 3 is 2.64 bits per heavy atom. The van der Waals surface area contributed by atoms with Gasteiger partial charge in [0.05, 0.1) is 5.69 Å². The lowest BCUT2D eigenvalue weighted by Gasteiger charge is -2.14. The summed E-state index contributed by atoms with van der Waals surface area (Å²) in [6, 6.07) is 3.59. The Kier molecular flexibility index (Phi) is 5.58. The molecule has 0 aliphatic carbocycles. The maximum atomic E-state index is 13.9. The van der Waals surface area contributed by atoms with Crippen LogP contribution in [0.4, 0.5) is 8.78 Å². The predicted molar refractivity (Wildman–Crippen MR) is 83.2 cm³/mol. The minimum atomic E-state index is -0.580. The summed E-state index contributed by atoms with van der Waals surface area (Å²) >= 11 is 1.22. The van der Waals surface area contributed by atoms with Crippen molar-refractivity contribution in [3.63, 3.8) is 0 Å². The maximum Gasteiger partial charge on any atom is 0.140 e. The Bertz CT molecular complexity index is 656. The molecule has 1 aromatic carbocycles. The van der Waals surface area contributed by atoms with Gasteiger partial charge in [0.25, 0.3) is 0 Å². The second-order valence-electron chi connectivity index (χ2n) is 5.23.